The Kier molecular flexibility index (Phi) is 22.5. The Morgan fingerprint density at radius 2 is 1.09 bits per heavy atom. The van der Waals surface area contributed by atoms with Gasteiger partial charge in [0.15, 0.2) is 0 Å². The molecule has 0 spiro atoms. The molecule has 1 N–H and O–H groups in total. The number of hydrogen-bond donors (Lipinski definition) is 1. The van der Waals surface area contributed by atoms with Gasteiger partial charge in [0.1, 0.15) is 0 Å². The summed E-state index contributed by atoms with van der Waals surface area (Å²) in [7, 11) is -4.50. The summed E-state index contributed by atoms with van der Waals surface area (Å²) in [5.41, 5.74) is 0. The Bertz CT molecular complexity index is 259. The summed E-state index contributed by atoms with van der Waals surface area (Å²) in [6.45, 7) is 2.36. The van der Waals surface area contributed by atoms with E-state index >= 15 is 0 Å². The van der Waals surface area contributed by atoms with Crippen LogP contribution in [-0.4, -0.2) is 11.5 Å². The molecular weight excluding hydrogens is 326 g/mol. The average Bonchev–Trinajstić information content (AvgIpc) is 2.42. The van der Waals surface area contributed by atoms with E-state index in [1.165, 1.54) is 70.6 Å². The van der Waals surface area contributed by atoms with Gasteiger partial charge in [-0.2, -0.15) is 0 Å². The molecule has 0 amide bonds. The van der Waals surface area contributed by atoms with Crippen molar-refractivity contribution in [1.29, 1.82) is 0 Å². The van der Waals surface area contributed by atoms with Crippen LogP contribution < -0.4 is 56.3 Å². The third-order valence-corrected chi connectivity index (χ3v) is 4.26. The van der Waals surface area contributed by atoms with Crippen molar-refractivity contribution in [3.63, 3.8) is 0 Å². The van der Waals surface area contributed by atoms with Gasteiger partial charge < -0.3 is 14.3 Å². The van der Waals surface area contributed by atoms with Gasteiger partial charge in [0.25, 0.3) is 7.82 Å². The van der Waals surface area contributed by atoms with Gasteiger partial charge in [-0.05, 0) is 6.42 Å². The molecule has 0 aliphatic heterocycles. The normalized spacial score (nSPS) is 13.6. The standard InChI is InChI=1S/C16H35O4P.K/c1-2-3-4-5-6-7-8-9-10-11-12-13-14-15-16-20-21(17,18)19;/h2-16H2,1H3,(H2,17,18,19);/q;+1/p-1. The van der Waals surface area contributed by atoms with E-state index in [0.717, 1.165) is 12.8 Å². The van der Waals surface area contributed by atoms with Gasteiger partial charge in [-0.1, -0.05) is 90.4 Å². The van der Waals surface area contributed by atoms with Crippen LogP contribution >= 0.6 is 7.82 Å². The summed E-state index contributed by atoms with van der Waals surface area (Å²) in [5, 5.41) is 0. The fourth-order valence-corrected chi connectivity index (χ4v) is 2.84. The van der Waals surface area contributed by atoms with E-state index in [1.54, 1.807) is 0 Å². The second kappa shape index (κ2) is 19.1. The first-order valence-corrected chi connectivity index (χ1v) is 10.2. The van der Waals surface area contributed by atoms with E-state index < -0.39 is 7.82 Å². The first kappa shape index (κ1) is 26.0. The Hall–Kier alpha value is 1.75. The van der Waals surface area contributed by atoms with Gasteiger partial charge in [-0.15, -0.1) is 0 Å². The van der Waals surface area contributed by atoms with Crippen molar-refractivity contribution in [3.05, 3.63) is 0 Å². The Balaban J connectivity index is 0. The van der Waals surface area contributed by atoms with Gasteiger partial charge in [0.05, 0.1) is 6.61 Å². The zero-order chi connectivity index (χ0) is 15.8. The molecule has 6 heteroatoms. The molecule has 0 aromatic rings. The van der Waals surface area contributed by atoms with Crippen molar-refractivity contribution >= 4 is 7.82 Å². The minimum absolute atomic E-state index is 0. The van der Waals surface area contributed by atoms with E-state index in [2.05, 4.69) is 11.4 Å². The third kappa shape index (κ3) is 24.0. The van der Waals surface area contributed by atoms with E-state index in [-0.39, 0.29) is 58.0 Å². The summed E-state index contributed by atoms with van der Waals surface area (Å²) in [4.78, 5) is 18.7. The quantitative estimate of drug-likeness (QED) is 0.259. The molecule has 0 heterocycles. The van der Waals surface area contributed by atoms with Crippen LogP contribution in [-0.2, 0) is 9.09 Å². The molecular formula is C16H34KO4P. The van der Waals surface area contributed by atoms with Crippen LogP contribution in [0.15, 0.2) is 0 Å². The molecule has 0 aliphatic rings. The predicted molar refractivity (Wildman–Crippen MR) is 86.1 cm³/mol. The number of rotatable bonds is 16. The SMILES string of the molecule is CCCCCCCCCCCCCCCCOP(=O)([O-])O.[K+]. The Morgan fingerprint density at radius 1 is 0.773 bits per heavy atom. The molecule has 0 rings (SSSR count). The van der Waals surface area contributed by atoms with Gasteiger partial charge in [0, 0.05) is 0 Å². The molecule has 0 aromatic carbocycles. The third-order valence-electron chi connectivity index (χ3n) is 3.75. The van der Waals surface area contributed by atoms with E-state index in [0.29, 0.717) is 6.42 Å². The molecule has 0 aromatic heterocycles. The molecule has 0 radical (unpaired) electrons. The Labute approximate surface area is 179 Å². The molecule has 0 saturated carbocycles. The van der Waals surface area contributed by atoms with Gasteiger partial charge >= 0.3 is 51.4 Å². The fraction of sp³-hybridized carbons (Fsp3) is 1.00. The van der Waals surface area contributed by atoms with Gasteiger partial charge in [0.2, 0.25) is 0 Å². The molecule has 22 heavy (non-hydrogen) atoms. The monoisotopic (exact) mass is 360 g/mol. The first-order valence-electron chi connectivity index (χ1n) is 8.74. The van der Waals surface area contributed by atoms with Crippen molar-refractivity contribution < 1.29 is 70.3 Å². The maximum absolute atomic E-state index is 10.3. The molecule has 1 atom stereocenters. The maximum atomic E-state index is 10.3. The molecule has 1 unspecified atom stereocenters. The van der Waals surface area contributed by atoms with Crippen molar-refractivity contribution in [2.24, 2.45) is 0 Å². The predicted octanol–water partition coefficient (Wildman–Crippen LogP) is 1.95. The van der Waals surface area contributed by atoms with Crippen LogP contribution in [0, 0.1) is 0 Å². The smallest absolute Gasteiger partial charge is 0.756 e. The summed E-state index contributed by atoms with van der Waals surface area (Å²) < 4.78 is 14.6. The second-order valence-corrected chi connectivity index (χ2v) is 7.09. The average molecular weight is 361 g/mol. The largest absolute Gasteiger partial charge is 1.00 e. The summed E-state index contributed by atoms with van der Waals surface area (Å²) >= 11 is 0. The summed E-state index contributed by atoms with van der Waals surface area (Å²) in [5.74, 6) is 0. The van der Waals surface area contributed by atoms with Crippen LogP contribution in [0.1, 0.15) is 96.8 Å². The second-order valence-electron chi connectivity index (χ2n) is 5.90. The minimum Gasteiger partial charge on any atom is -0.756 e. The van der Waals surface area contributed by atoms with Crippen molar-refractivity contribution in [1.82, 2.24) is 0 Å². The zero-order valence-corrected chi connectivity index (χ0v) is 18.7. The van der Waals surface area contributed by atoms with E-state index in [1.807, 2.05) is 0 Å². The number of phosphoric acid groups is 1. The van der Waals surface area contributed by atoms with Crippen molar-refractivity contribution in [2.75, 3.05) is 6.61 Å². The van der Waals surface area contributed by atoms with Crippen LogP contribution in [0.2, 0.25) is 0 Å². The van der Waals surface area contributed by atoms with Crippen molar-refractivity contribution in [2.45, 2.75) is 96.8 Å². The molecule has 128 valence electrons. The minimum atomic E-state index is -4.50. The molecule has 0 bridgehead atoms. The first-order chi connectivity index (χ1) is 10.1. The topological polar surface area (TPSA) is 69.6 Å². The van der Waals surface area contributed by atoms with Crippen LogP contribution in [0.25, 0.3) is 0 Å². The fourth-order valence-electron chi connectivity index (χ4n) is 2.48. The molecule has 0 saturated heterocycles. The van der Waals surface area contributed by atoms with Gasteiger partial charge in [-0.3, -0.25) is 4.57 Å². The molecule has 0 fully saturated rings. The maximum Gasteiger partial charge on any atom is 1.00 e. The summed E-state index contributed by atoms with van der Waals surface area (Å²) in [6, 6.07) is 0. The van der Waals surface area contributed by atoms with Crippen LogP contribution in [0.4, 0.5) is 0 Å². The molecule has 0 aliphatic carbocycles. The van der Waals surface area contributed by atoms with Crippen molar-refractivity contribution in [3.8, 4) is 0 Å². The molecule has 4 nitrogen and oxygen atoms in total. The zero-order valence-electron chi connectivity index (χ0n) is 14.7. The van der Waals surface area contributed by atoms with Crippen LogP contribution in [0.3, 0.4) is 0 Å². The summed E-state index contributed by atoms with van der Waals surface area (Å²) in [6.07, 6.45) is 17.6. The number of unbranched alkanes of at least 4 members (excludes halogenated alkanes) is 13. The Morgan fingerprint density at radius 3 is 1.41 bits per heavy atom. The van der Waals surface area contributed by atoms with Crippen LogP contribution in [0.5, 0.6) is 0 Å². The number of phosphoric ester groups is 1. The van der Waals surface area contributed by atoms with Gasteiger partial charge in [-0.25, -0.2) is 0 Å². The van der Waals surface area contributed by atoms with E-state index in [4.69, 9.17) is 4.89 Å². The van der Waals surface area contributed by atoms with E-state index in [9.17, 15) is 9.46 Å². The number of hydrogen-bond acceptors (Lipinski definition) is 3.